The molecular formula is C17H13Cl2NO2. The summed E-state index contributed by atoms with van der Waals surface area (Å²) in [4.78, 5) is 11.6. The number of hydrogen-bond acceptors (Lipinski definition) is 2. The van der Waals surface area contributed by atoms with Crippen molar-refractivity contribution in [2.45, 2.75) is 6.54 Å². The molecule has 0 aliphatic heterocycles. The van der Waals surface area contributed by atoms with Crippen molar-refractivity contribution in [2.24, 2.45) is 0 Å². The summed E-state index contributed by atoms with van der Waals surface area (Å²) >= 11 is 12.4. The van der Waals surface area contributed by atoms with Gasteiger partial charge in [-0.1, -0.05) is 29.3 Å². The minimum Gasteiger partial charge on any atom is -0.465 e. The lowest BCUT2D eigenvalue weighted by Gasteiger charge is -2.10. The van der Waals surface area contributed by atoms with Crippen LogP contribution in [-0.2, 0) is 11.3 Å². The Morgan fingerprint density at radius 1 is 1.14 bits per heavy atom. The van der Waals surface area contributed by atoms with Crippen LogP contribution in [-0.4, -0.2) is 17.6 Å². The Morgan fingerprint density at radius 3 is 2.55 bits per heavy atom. The summed E-state index contributed by atoms with van der Waals surface area (Å²) in [6, 6.07) is 12.9. The number of methoxy groups -OCH3 is 1. The SMILES string of the molecule is COC(=O)c1ccc2c(ccn2Cc2c(Cl)cccc2Cl)c1. The van der Waals surface area contributed by atoms with E-state index in [1.165, 1.54) is 7.11 Å². The van der Waals surface area contributed by atoms with E-state index in [0.29, 0.717) is 22.2 Å². The molecule has 2 aromatic carbocycles. The van der Waals surface area contributed by atoms with Gasteiger partial charge in [0.05, 0.1) is 19.2 Å². The number of hydrogen-bond donors (Lipinski definition) is 0. The lowest BCUT2D eigenvalue weighted by atomic mass is 10.1. The third-order valence-electron chi connectivity index (χ3n) is 3.58. The molecule has 3 aromatic rings. The summed E-state index contributed by atoms with van der Waals surface area (Å²) in [5.74, 6) is -0.344. The van der Waals surface area contributed by atoms with E-state index < -0.39 is 0 Å². The van der Waals surface area contributed by atoms with E-state index >= 15 is 0 Å². The van der Waals surface area contributed by atoms with Crippen molar-refractivity contribution in [3.63, 3.8) is 0 Å². The monoisotopic (exact) mass is 333 g/mol. The molecule has 0 saturated carbocycles. The summed E-state index contributed by atoms with van der Waals surface area (Å²) in [6.45, 7) is 0.569. The Morgan fingerprint density at radius 2 is 1.86 bits per heavy atom. The molecule has 22 heavy (non-hydrogen) atoms. The van der Waals surface area contributed by atoms with E-state index in [2.05, 4.69) is 0 Å². The van der Waals surface area contributed by atoms with Crippen molar-refractivity contribution in [1.82, 2.24) is 4.57 Å². The molecule has 0 bridgehead atoms. The van der Waals surface area contributed by atoms with Gasteiger partial charge >= 0.3 is 5.97 Å². The molecule has 0 aliphatic rings. The van der Waals surface area contributed by atoms with Gasteiger partial charge in [-0.2, -0.15) is 0 Å². The Labute approximate surface area is 138 Å². The predicted octanol–water partition coefficient (Wildman–Crippen LogP) is 4.78. The maximum atomic E-state index is 11.6. The minimum absolute atomic E-state index is 0.344. The van der Waals surface area contributed by atoms with Crippen molar-refractivity contribution in [3.05, 3.63) is 69.8 Å². The van der Waals surface area contributed by atoms with Crippen molar-refractivity contribution < 1.29 is 9.53 Å². The van der Waals surface area contributed by atoms with Crippen molar-refractivity contribution in [3.8, 4) is 0 Å². The molecule has 5 heteroatoms. The molecule has 0 fully saturated rings. The third kappa shape index (κ3) is 2.70. The Balaban J connectivity index is 2.00. The molecule has 0 N–H and O–H groups in total. The fourth-order valence-electron chi connectivity index (χ4n) is 2.44. The highest BCUT2D eigenvalue weighted by Crippen LogP contribution is 2.27. The summed E-state index contributed by atoms with van der Waals surface area (Å²) in [5, 5.41) is 2.24. The second kappa shape index (κ2) is 6.03. The van der Waals surface area contributed by atoms with Crippen LogP contribution in [0.2, 0.25) is 10.0 Å². The number of carbonyl (C=O) groups excluding carboxylic acids is 1. The smallest absolute Gasteiger partial charge is 0.337 e. The van der Waals surface area contributed by atoms with E-state index in [0.717, 1.165) is 16.5 Å². The maximum absolute atomic E-state index is 11.6. The molecule has 0 unspecified atom stereocenters. The van der Waals surface area contributed by atoms with E-state index in [9.17, 15) is 4.79 Å². The van der Waals surface area contributed by atoms with Crippen molar-refractivity contribution in [1.29, 1.82) is 0 Å². The summed E-state index contributed by atoms with van der Waals surface area (Å²) < 4.78 is 6.78. The topological polar surface area (TPSA) is 31.2 Å². The molecule has 0 atom stereocenters. The highest BCUT2D eigenvalue weighted by Gasteiger charge is 2.11. The van der Waals surface area contributed by atoms with Crippen LogP contribution in [0, 0.1) is 0 Å². The summed E-state index contributed by atoms with van der Waals surface area (Å²) in [5.41, 5.74) is 2.41. The first-order valence-electron chi connectivity index (χ1n) is 6.70. The maximum Gasteiger partial charge on any atom is 0.337 e. The van der Waals surface area contributed by atoms with E-state index in [4.69, 9.17) is 27.9 Å². The molecule has 0 radical (unpaired) electrons. The van der Waals surface area contributed by atoms with Crippen LogP contribution < -0.4 is 0 Å². The Hall–Kier alpha value is -1.97. The average molecular weight is 334 g/mol. The number of halogens is 2. The quantitative estimate of drug-likeness (QED) is 0.645. The molecule has 3 nitrogen and oxygen atoms in total. The van der Waals surface area contributed by atoms with Gasteiger partial charge in [0.15, 0.2) is 0 Å². The van der Waals surface area contributed by atoms with Gasteiger partial charge in [0, 0.05) is 32.7 Å². The molecule has 3 rings (SSSR count). The van der Waals surface area contributed by atoms with Gasteiger partial charge in [-0.05, 0) is 36.4 Å². The molecule has 112 valence electrons. The first-order chi connectivity index (χ1) is 10.6. The van der Waals surface area contributed by atoms with Gasteiger partial charge < -0.3 is 9.30 Å². The fourth-order valence-corrected chi connectivity index (χ4v) is 2.95. The number of rotatable bonds is 3. The molecule has 0 amide bonds. The van der Waals surface area contributed by atoms with Gasteiger partial charge in [-0.3, -0.25) is 0 Å². The van der Waals surface area contributed by atoms with Gasteiger partial charge in [0.25, 0.3) is 0 Å². The minimum atomic E-state index is -0.344. The van der Waals surface area contributed by atoms with Crippen molar-refractivity contribution >= 4 is 40.1 Å². The number of nitrogens with zero attached hydrogens (tertiary/aromatic N) is 1. The molecule has 1 aromatic heterocycles. The molecule has 1 heterocycles. The lowest BCUT2D eigenvalue weighted by molar-refractivity contribution is 0.0601. The number of carbonyl (C=O) groups is 1. The molecular weight excluding hydrogens is 321 g/mol. The second-order valence-corrected chi connectivity index (χ2v) is 5.72. The van der Waals surface area contributed by atoms with Gasteiger partial charge in [-0.25, -0.2) is 4.79 Å². The van der Waals surface area contributed by atoms with Gasteiger partial charge in [0.1, 0.15) is 0 Å². The van der Waals surface area contributed by atoms with Crippen LogP contribution in [0.3, 0.4) is 0 Å². The standard InChI is InChI=1S/C17H13Cl2NO2/c1-22-17(21)12-5-6-16-11(9-12)7-8-20(16)10-13-14(18)3-2-4-15(13)19/h2-9H,10H2,1H3. The summed E-state index contributed by atoms with van der Waals surface area (Å²) in [6.07, 6.45) is 1.95. The number of ether oxygens (including phenoxy) is 1. The van der Waals surface area contributed by atoms with E-state index in [-0.39, 0.29) is 5.97 Å². The molecule has 0 aliphatic carbocycles. The highest BCUT2D eigenvalue weighted by atomic mass is 35.5. The van der Waals surface area contributed by atoms with Crippen LogP contribution in [0.4, 0.5) is 0 Å². The number of esters is 1. The predicted molar refractivity (Wildman–Crippen MR) is 88.8 cm³/mol. The Kier molecular flexibility index (Phi) is 4.10. The van der Waals surface area contributed by atoms with Crippen molar-refractivity contribution in [2.75, 3.05) is 7.11 Å². The second-order valence-electron chi connectivity index (χ2n) is 4.91. The third-order valence-corrected chi connectivity index (χ3v) is 4.29. The zero-order valence-electron chi connectivity index (χ0n) is 11.8. The number of fused-ring (bicyclic) bond motifs is 1. The van der Waals surface area contributed by atoms with Crippen LogP contribution in [0.15, 0.2) is 48.7 Å². The molecule has 0 spiro atoms. The largest absolute Gasteiger partial charge is 0.465 e. The van der Waals surface area contributed by atoms with Gasteiger partial charge in [0.2, 0.25) is 0 Å². The van der Waals surface area contributed by atoms with Gasteiger partial charge in [-0.15, -0.1) is 0 Å². The molecule has 0 saturated heterocycles. The van der Waals surface area contributed by atoms with Crippen LogP contribution in [0.25, 0.3) is 10.9 Å². The van der Waals surface area contributed by atoms with E-state index in [1.807, 2.05) is 47.2 Å². The van der Waals surface area contributed by atoms with E-state index in [1.54, 1.807) is 6.07 Å². The van der Waals surface area contributed by atoms with Crippen LogP contribution >= 0.6 is 23.2 Å². The normalized spacial score (nSPS) is 10.9. The number of aromatic nitrogens is 1. The van der Waals surface area contributed by atoms with Crippen LogP contribution in [0.1, 0.15) is 15.9 Å². The Bertz CT molecular complexity index is 835. The van der Waals surface area contributed by atoms with Crippen LogP contribution in [0.5, 0.6) is 0 Å². The lowest BCUT2D eigenvalue weighted by Crippen LogP contribution is -2.02. The average Bonchev–Trinajstić information content (AvgIpc) is 2.92. The first-order valence-corrected chi connectivity index (χ1v) is 7.46. The first kappa shape index (κ1) is 14.9. The summed E-state index contributed by atoms with van der Waals surface area (Å²) in [7, 11) is 1.37. The highest BCUT2D eigenvalue weighted by molar-refractivity contribution is 6.36. The zero-order chi connectivity index (χ0) is 15.7. The zero-order valence-corrected chi connectivity index (χ0v) is 13.4. The fraction of sp³-hybridized carbons (Fsp3) is 0.118. The number of benzene rings is 2.